The minimum absolute atomic E-state index is 0.0118. The molecule has 0 saturated carbocycles. The number of rotatable bonds is 5. The Bertz CT molecular complexity index is 1190. The Hall–Kier alpha value is -3.93. The first kappa shape index (κ1) is 20.9. The third kappa shape index (κ3) is 3.57. The van der Waals surface area contributed by atoms with Crippen LogP contribution >= 0.6 is 0 Å². The first-order valence-electron chi connectivity index (χ1n) is 11.0. The van der Waals surface area contributed by atoms with Crippen LogP contribution in [0.25, 0.3) is 0 Å². The zero-order chi connectivity index (χ0) is 23.0. The molecule has 166 valence electrons. The number of hydrogen-bond acceptors (Lipinski definition) is 4. The first-order chi connectivity index (χ1) is 16.0. The number of ether oxygens (including phenoxy) is 1. The molecule has 33 heavy (non-hydrogen) atoms. The van der Waals surface area contributed by atoms with Crippen LogP contribution in [0.3, 0.4) is 0 Å². The van der Waals surface area contributed by atoms with Crippen LogP contribution in [0.1, 0.15) is 35.2 Å². The summed E-state index contributed by atoms with van der Waals surface area (Å²) in [6.07, 6.45) is -0.806. The third-order valence-corrected chi connectivity index (χ3v) is 6.46. The summed E-state index contributed by atoms with van der Waals surface area (Å²) >= 11 is 0. The van der Waals surface area contributed by atoms with E-state index in [1.807, 2.05) is 84.9 Å². The minimum atomic E-state index is -1.93. The zero-order valence-electron chi connectivity index (χ0n) is 18.3. The highest BCUT2D eigenvalue weighted by Gasteiger charge is 2.62. The van der Waals surface area contributed by atoms with Crippen molar-refractivity contribution in [1.29, 1.82) is 0 Å². The maximum atomic E-state index is 13.9. The Labute approximate surface area is 192 Å². The van der Waals surface area contributed by atoms with Crippen molar-refractivity contribution in [2.75, 3.05) is 0 Å². The Morgan fingerprint density at radius 3 is 2.03 bits per heavy atom. The lowest BCUT2D eigenvalue weighted by atomic mass is 9.91. The fraction of sp³-hybridized carbons (Fsp3) is 0.222. The summed E-state index contributed by atoms with van der Waals surface area (Å²) < 4.78 is 5.74. The highest BCUT2D eigenvalue weighted by atomic mass is 16.6. The molecule has 2 atom stereocenters. The molecule has 6 nitrogen and oxygen atoms in total. The van der Waals surface area contributed by atoms with E-state index in [1.165, 1.54) is 0 Å². The second kappa shape index (κ2) is 8.20. The molecule has 5 rings (SSSR count). The van der Waals surface area contributed by atoms with Gasteiger partial charge in [0.05, 0.1) is 6.04 Å². The van der Waals surface area contributed by atoms with Crippen molar-refractivity contribution in [2.24, 2.45) is 0 Å². The van der Waals surface area contributed by atoms with Gasteiger partial charge in [0.2, 0.25) is 0 Å². The van der Waals surface area contributed by atoms with Crippen LogP contribution in [0.2, 0.25) is 0 Å². The van der Waals surface area contributed by atoms with Crippen LogP contribution in [0.15, 0.2) is 84.9 Å². The summed E-state index contributed by atoms with van der Waals surface area (Å²) in [5.74, 6) is -1.10. The maximum Gasteiger partial charge on any atom is 0.418 e. The maximum absolute atomic E-state index is 13.9. The number of carbonyl (C=O) groups is 3. The van der Waals surface area contributed by atoms with Crippen molar-refractivity contribution >= 4 is 17.9 Å². The smallest absolute Gasteiger partial charge is 0.418 e. The Kier molecular flexibility index (Phi) is 5.21. The molecule has 0 spiro atoms. The minimum Gasteiger partial charge on any atom is -0.422 e. The van der Waals surface area contributed by atoms with E-state index in [-0.39, 0.29) is 6.42 Å². The average molecular weight is 440 g/mol. The predicted molar refractivity (Wildman–Crippen MR) is 122 cm³/mol. The van der Waals surface area contributed by atoms with E-state index in [2.05, 4.69) is 0 Å². The van der Waals surface area contributed by atoms with Gasteiger partial charge >= 0.3 is 6.09 Å². The zero-order valence-corrected chi connectivity index (χ0v) is 18.3. The summed E-state index contributed by atoms with van der Waals surface area (Å²) in [7, 11) is 0. The van der Waals surface area contributed by atoms with Crippen LogP contribution < -0.4 is 0 Å². The number of benzene rings is 3. The van der Waals surface area contributed by atoms with Gasteiger partial charge in [0.25, 0.3) is 17.4 Å². The van der Waals surface area contributed by atoms with E-state index in [9.17, 15) is 14.4 Å². The predicted octanol–water partition coefficient (Wildman–Crippen LogP) is 4.25. The monoisotopic (exact) mass is 440 g/mol. The Morgan fingerprint density at radius 2 is 1.42 bits per heavy atom. The van der Waals surface area contributed by atoms with Gasteiger partial charge in [-0.25, -0.2) is 9.69 Å². The van der Waals surface area contributed by atoms with Gasteiger partial charge in [0, 0.05) is 19.5 Å². The molecule has 0 N–H and O–H groups in total. The molecule has 0 radical (unpaired) electrons. The molecule has 0 bridgehead atoms. The summed E-state index contributed by atoms with van der Waals surface area (Å²) in [6.45, 7) is 2.53. The lowest BCUT2D eigenvalue weighted by Gasteiger charge is -2.29. The van der Waals surface area contributed by atoms with Crippen LogP contribution in [0.5, 0.6) is 0 Å². The van der Waals surface area contributed by atoms with Gasteiger partial charge in [-0.1, -0.05) is 84.9 Å². The first-order valence-corrected chi connectivity index (χ1v) is 11.0. The molecular weight excluding hydrogens is 416 g/mol. The van der Waals surface area contributed by atoms with Gasteiger partial charge in [-0.2, -0.15) is 0 Å². The third-order valence-electron chi connectivity index (χ3n) is 6.46. The largest absolute Gasteiger partial charge is 0.422 e. The summed E-state index contributed by atoms with van der Waals surface area (Å²) in [4.78, 5) is 43.5. The van der Waals surface area contributed by atoms with Crippen LogP contribution in [0.4, 0.5) is 4.79 Å². The van der Waals surface area contributed by atoms with Gasteiger partial charge in [0.1, 0.15) is 0 Å². The molecule has 1 saturated heterocycles. The molecule has 2 aliphatic rings. The van der Waals surface area contributed by atoms with E-state index in [0.717, 1.165) is 27.2 Å². The molecule has 3 aromatic rings. The fourth-order valence-electron chi connectivity index (χ4n) is 4.67. The lowest BCUT2D eigenvalue weighted by Crippen LogP contribution is -2.55. The average Bonchev–Trinajstić information content (AvgIpc) is 3.38. The van der Waals surface area contributed by atoms with E-state index >= 15 is 0 Å². The highest BCUT2D eigenvalue weighted by molar-refractivity contribution is 6.17. The molecule has 2 heterocycles. The topological polar surface area (TPSA) is 66.9 Å². The van der Waals surface area contributed by atoms with E-state index in [1.54, 1.807) is 11.8 Å². The highest BCUT2D eigenvalue weighted by Crippen LogP contribution is 2.37. The second-order valence-electron chi connectivity index (χ2n) is 8.55. The number of hydrogen-bond donors (Lipinski definition) is 0. The molecule has 3 amide bonds. The van der Waals surface area contributed by atoms with Gasteiger partial charge in [-0.3, -0.25) is 9.59 Å². The van der Waals surface area contributed by atoms with Crippen molar-refractivity contribution in [3.8, 4) is 0 Å². The Morgan fingerprint density at radius 1 is 0.879 bits per heavy atom. The van der Waals surface area contributed by atoms with Crippen molar-refractivity contribution in [3.05, 3.63) is 107 Å². The molecule has 0 aromatic heterocycles. The SMILES string of the molecule is C[C@H](c1ccccc1)N1C(=O)OC(Cc2ccccc2)(C(=O)N2Cc3ccccc3C2)C1=O. The molecule has 6 heteroatoms. The van der Waals surface area contributed by atoms with Crippen LogP contribution in [-0.2, 0) is 33.8 Å². The fourth-order valence-corrected chi connectivity index (χ4v) is 4.67. The van der Waals surface area contributed by atoms with Crippen LogP contribution in [0, 0.1) is 0 Å². The van der Waals surface area contributed by atoms with Crippen molar-refractivity contribution in [2.45, 2.75) is 38.1 Å². The molecule has 1 unspecified atom stereocenters. The number of imide groups is 1. The number of amides is 3. The van der Waals surface area contributed by atoms with Crippen molar-refractivity contribution < 1.29 is 19.1 Å². The standard InChI is InChI=1S/C27H24N2O4/c1-19(21-12-6-3-7-13-21)29-25(31)27(33-26(29)32,16-20-10-4-2-5-11-20)24(30)28-17-22-14-8-9-15-23(22)18-28/h2-15,19H,16-18H2,1H3/t19-,27?/m1/s1. The molecule has 1 fully saturated rings. The number of fused-ring (bicyclic) bond motifs is 1. The van der Waals surface area contributed by atoms with Gasteiger partial charge in [-0.05, 0) is 29.2 Å². The normalized spacial score (nSPS) is 20.5. The van der Waals surface area contributed by atoms with Crippen LogP contribution in [-0.4, -0.2) is 33.3 Å². The summed E-state index contributed by atoms with van der Waals surface area (Å²) in [6, 6.07) is 25.7. The lowest BCUT2D eigenvalue weighted by molar-refractivity contribution is -0.157. The van der Waals surface area contributed by atoms with E-state index < -0.39 is 29.6 Å². The summed E-state index contributed by atoms with van der Waals surface area (Å²) in [5, 5.41) is 0. The molecule has 2 aliphatic heterocycles. The second-order valence-corrected chi connectivity index (χ2v) is 8.55. The van der Waals surface area contributed by atoms with E-state index in [4.69, 9.17) is 4.74 Å². The van der Waals surface area contributed by atoms with Crippen molar-refractivity contribution in [3.63, 3.8) is 0 Å². The molecule has 0 aliphatic carbocycles. The molecular formula is C27H24N2O4. The van der Waals surface area contributed by atoms with Gasteiger partial charge in [0.15, 0.2) is 0 Å². The Balaban J connectivity index is 1.52. The number of carbonyl (C=O) groups excluding carboxylic acids is 3. The van der Waals surface area contributed by atoms with Gasteiger partial charge in [-0.15, -0.1) is 0 Å². The van der Waals surface area contributed by atoms with E-state index in [0.29, 0.717) is 13.1 Å². The van der Waals surface area contributed by atoms with Gasteiger partial charge < -0.3 is 9.64 Å². The molecule has 3 aromatic carbocycles. The number of cyclic esters (lactones) is 1. The summed E-state index contributed by atoms with van der Waals surface area (Å²) in [5.41, 5.74) is 1.68. The quantitative estimate of drug-likeness (QED) is 0.557. The van der Waals surface area contributed by atoms with Crippen molar-refractivity contribution in [1.82, 2.24) is 9.80 Å². The number of nitrogens with zero attached hydrogens (tertiary/aromatic N) is 2.